The van der Waals surface area contributed by atoms with E-state index in [4.69, 9.17) is 4.74 Å². The summed E-state index contributed by atoms with van der Waals surface area (Å²) in [5, 5.41) is 0. The molecular formula is C11H18F2O3. The molecule has 0 aliphatic carbocycles. The van der Waals surface area contributed by atoms with E-state index in [1.165, 1.54) is 0 Å². The van der Waals surface area contributed by atoms with Crippen LogP contribution < -0.4 is 0 Å². The molecule has 16 heavy (non-hydrogen) atoms. The summed E-state index contributed by atoms with van der Waals surface area (Å²) in [6.45, 7) is 1.41. The lowest BCUT2D eigenvalue weighted by atomic mass is 9.73. The highest BCUT2D eigenvalue weighted by atomic mass is 19.3. The van der Waals surface area contributed by atoms with Gasteiger partial charge in [-0.3, -0.25) is 4.79 Å². The fraction of sp³-hybridized carbons (Fsp3) is 0.909. The molecule has 3 nitrogen and oxygen atoms in total. The Kier molecular flexibility index (Phi) is 4.24. The average Bonchev–Trinajstić information content (AvgIpc) is 2.26. The minimum absolute atomic E-state index is 0.0344. The average molecular weight is 236 g/mol. The van der Waals surface area contributed by atoms with Gasteiger partial charge in [0.05, 0.1) is 7.11 Å². The highest BCUT2D eigenvalue weighted by Gasteiger charge is 2.60. The largest absolute Gasteiger partial charge is 0.468 e. The SMILES string of the molecule is CCCCC1(C(=O)OC)CCOCC1(F)F. The van der Waals surface area contributed by atoms with Crippen molar-refractivity contribution >= 4 is 5.97 Å². The molecule has 0 saturated carbocycles. The molecule has 1 aliphatic heterocycles. The van der Waals surface area contributed by atoms with Gasteiger partial charge < -0.3 is 9.47 Å². The molecule has 0 radical (unpaired) electrons. The highest BCUT2D eigenvalue weighted by Crippen LogP contribution is 2.47. The third-order valence-electron chi connectivity index (χ3n) is 3.19. The van der Waals surface area contributed by atoms with Crippen LogP contribution in [0.3, 0.4) is 0 Å². The fourth-order valence-electron chi connectivity index (χ4n) is 2.10. The number of unbranched alkanes of at least 4 members (excludes halogenated alkanes) is 1. The molecular weight excluding hydrogens is 218 g/mol. The molecule has 1 unspecified atom stereocenters. The first-order chi connectivity index (χ1) is 7.50. The van der Waals surface area contributed by atoms with Crippen molar-refractivity contribution in [2.45, 2.75) is 38.5 Å². The van der Waals surface area contributed by atoms with Crippen LogP contribution in [0.15, 0.2) is 0 Å². The second-order valence-corrected chi connectivity index (χ2v) is 4.18. The van der Waals surface area contributed by atoms with E-state index in [0.717, 1.165) is 13.5 Å². The molecule has 0 N–H and O–H groups in total. The zero-order valence-corrected chi connectivity index (χ0v) is 9.72. The molecule has 0 spiro atoms. The summed E-state index contributed by atoms with van der Waals surface area (Å²) in [4.78, 5) is 11.7. The molecule has 5 heteroatoms. The molecule has 0 aromatic rings. The number of hydrogen-bond acceptors (Lipinski definition) is 3. The summed E-state index contributed by atoms with van der Waals surface area (Å²) >= 11 is 0. The minimum atomic E-state index is -3.13. The standard InChI is InChI=1S/C11H18F2O3/c1-3-4-5-10(9(14)15-2)6-7-16-8-11(10,12)13/h3-8H2,1-2H3. The molecule has 1 rings (SSSR count). The predicted octanol–water partition coefficient (Wildman–Crippen LogP) is 2.39. The fourth-order valence-corrected chi connectivity index (χ4v) is 2.10. The van der Waals surface area contributed by atoms with Crippen LogP contribution in [-0.2, 0) is 14.3 Å². The minimum Gasteiger partial charge on any atom is -0.468 e. The van der Waals surface area contributed by atoms with Crippen molar-refractivity contribution in [2.24, 2.45) is 5.41 Å². The van der Waals surface area contributed by atoms with Crippen molar-refractivity contribution < 1.29 is 23.0 Å². The third-order valence-corrected chi connectivity index (χ3v) is 3.19. The van der Waals surface area contributed by atoms with Gasteiger partial charge in [-0.2, -0.15) is 0 Å². The van der Waals surface area contributed by atoms with Crippen molar-refractivity contribution in [3.05, 3.63) is 0 Å². The van der Waals surface area contributed by atoms with Crippen molar-refractivity contribution in [3.63, 3.8) is 0 Å². The van der Waals surface area contributed by atoms with Gasteiger partial charge in [0, 0.05) is 6.61 Å². The number of alkyl halides is 2. The Labute approximate surface area is 94.1 Å². The number of rotatable bonds is 4. The first kappa shape index (κ1) is 13.4. The maximum absolute atomic E-state index is 13.9. The Morgan fingerprint density at radius 1 is 1.50 bits per heavy atom. The molecule has 0 aromatic carbocycles. The molecule has 94 valence electrons. The normalized spacial score (nSPS) is 28.8. The number of methoxy groups -OCH3 is 1. The molecule has 0 bridgehead atoms. The second kappa shape index (κ2) is 5.08. The Morgan fingerprint density at radius 2 is 2.19 bits per heavy atom. The van der Waals surface area contributed by atoms with Crippen molar-refractivity contribution in [1.29, 1.82) is 0 Å². The maximum atomic E-state index is 13.9. The summed E-state index contributed by atoms with van der Waals surface area (Å²) in [5.41, 5.74) is -1.68. The number of carbonyl (C=O) groups excluding carboxylic acids is 1. The van der Waals surface area contributed by atoms with E-state index in [9.17, 15) is 13.6 Å². The number of halogens is 2. The van der Waals surface area contributed by atoms with Gasteiger partial charge in [-0.05, 0) is 12.8 Å². The van der Waals surface area contributed by atoms with Crippen LogP contribution in [0, 0.1) is 5.41 Å². The lowest BCUT2D eigenvalue weighted by molar-refractivity contribution is -0.222. The van der Waals surface area contributed by atoms with E-state index in [2.05, 4.69) is 4.74 Å². The van der Waals surface area contributed by atoms with E-state index in [1.54, 1.807) is 0 Å². The van der Waals surface area contributed by atoms with Gasteiger partial charge >= 0.3 is 5.97 Å². The lowest BCUT2D eigenvalue weighted by Gasteiger charge is -2.41. The van der Waals surface area contributed by atoms with E-state index in [0.29, 0.717) is 6.42 Å². The summed E-state index contributed by atoms with van der Waals surface area (Å²) in [7, 11) is 1.15. The van der Waals surface area contributed by atoms with Crippen LogP contribution in [0.2, 0.25) is 0 Å². The van der Waals surface area contributed by atoms with Crippen LogP contribution in [0.5, 0.6) is 0 Å². The zero-order chi connectivity index (χ0) is 12.2. The first-order valence-electron chi connectivity index (χ1n) is 5.54. The number of ether oxygens (including phenoxy) is 2. The highest BCUT2D eigenvalue weighted by molar-refractivity contribution is 5.78. The molecule has 1 atom stereocenters. The molecule has 1 heterocycles. The van der Waals surface area contributed by atoms with E-state index in [-0.39, 0.29) is 19.4 Å². The Bertz CT molecular complexity index is 256. The molecule has 1 saturated heterocycles. The third kappa shape index (κ3) is 2.19. The van der Waals surface area contributed by atoms with E-state index >= 15 is 0 Å². The molecule has 1 aliphatic rings. The number of carbonyl (C=O) groups is 1. The van der Waals surface area contributed by atoms with Gasteiger partial charge in [-0.25, -0.2) is 8.78 Å². The second-order valence-electron chi connectivity index (χ2n) is 4.18. The topological polar surface area (TPSA) is 35.5 Å². The predicted molar refractivity (Wildman–Crippen MR) is 54.4 cm³/mol. The van der Waals surface area contributed by atoms with Gasteiger partial charge in [0.15, 0.2) is 0 Å². The summed E-state index contributed by atoms with van der Waals surface area (Å²) in [5.74, 6) is -3.94. The number of hydrogen-bond donors (Lipinski definition) is 0. The summed E-state index contributed by atoms with van der Waals surface area (Å²) in [6.07, 6.45) is 1.56. The molecule has 0 aromatic heterocycles. The van der Waals surface area contributed by atoms with E-state index in [1.807, 2.05) is 6.92 Å². The monoisotopic (exact) mass is 236 g/mol. The Morgan fingerprint density at radius 3 is 2.69 bits per heavy atom. The van der Waals surface area contributed by atoms with Gasteiger partial charge in [0.1, 0.15) is 12.0 Å². The van der Waals surface area contributed by atoms with Gasteiger partial charge in [-0.1, -0.05) is 19.8 Å². The van der Waals surface area contributed by atoms with Crippen LogP contribution in [0.4, 0.5) is 8.78 Å². The van der Waals surface area contributed by atoms with Crippen LogP contribution in [0.1, 0.15) is 32.6 Å². The molecule has 1 fully saturated rings. The lowest BCUT2D eigenvalue weighted by Crippen LogP contribution is -2.54. The van der Waals surface area contributed by atoms with Crippen molar-refractivity contribution in [2.75, 3.05) is 20.3 Å². The van der Waals surface area contributed by atoms with E-state index < -0.39 is 23.9 Å². The van der Waals surface area contributed by atoms with Crippen molar-refractivity contribution in [3.8, 4) is 0 Å². The van der Waals surface area contributed by atoms with Crippen LogP contribution >= 0.6 is 0 Å². The first-order valence-corrected chi connectivity index (χ1v) is 5.54. The van der Waals surface area contributed by atoms with Crippen molar-refractivity contribution in [1.82, 2.24) is 0 Å². The quantitative estimate of drug-likeness (QED) is 0.703. The van der Waals surface area contributed by atoms with Gasteiger partial charge in [0.2, 0.25) is 0 Å². The number of esters is 1. The Hall–Kier alpha value is -0.710. The smallest absolute Gasteiger partial charge is 0.318 e. The maximum Gasteiger partial charge on any atom is 0.318 e. The van der Waals surface area contributed by atoms with Gasteiger partial charge in [0.25, 0.3) is 5.92 Å². The van der Waals surface area contributed by atoms with Gasteiger partial charge in [-0.15, -0.1) is 0 Å². The summed E-state index contributed by atoms with van der Waals surface area (Å²) in [6, 6.07) is 0. The Balaban J connectivity index is 2.95. The van der Waals surface area contributed by atoms with Crippen LogP contribution in [-0.4, -0.2) is 32.2 Å². The molecule has 0 amide bonds. The zero-order valence-electron chi connectivity index (χ0n) is 9.72. The van der Waals surface area contributed by atoms with Crippen LogP contribution in [0.25, 0.3) is 0 Å². The summed E-state index contributed by atoms with van der Waals surface area (Å²) < 4.78 is 37.0.